The van der Waals surface area contributed by atoms with E-state index in [1.54, 1.807) is 19.1 Å². The number of hydrogen-bond acceptors (Lipinski definition) is 6. The van der Waals surface area contributed by atoms with Crippen LogP contribution in [-0.2, 0) is 27.4 Å². The summed E-state index contributed by atoms with van der Waals surface area (Å²) in [5.74, 6) is -1.13. The highest BCUT2D eigenvalue weighted by Crippen LogP contribution is 2.11. The van der Waals surface area contributed by atoms with E-state index in [4.69, 9.17) is 14.4 Å². The number of nitrogens with one attached hydrogen (secondary N) is 3. The molecule has 2 aromatic rings. The van der Waals surface area contributed by atoms with Gasteiger partial charge in [0.1, 0.15) is 24.5 Å². The van der Waals surface area contributed by atoms with Crippen molar-refractivity contribution >= 4 is 17.9 Å². The minimum atomic E-state index is -1.08. The zero-order chi connectivity index (χ0) is 21.9. The number of hydroxylamine groups is 1. The quantitative estimate of drug-likeness (QED) is 0.346. The van der Waals surface area contributed by atoms with Gasteiger partial charge in [-0.05, 0) is 23.6 Å². The molecule has 30 heavy (non-hydrogen) atoms. The fourth-order valence-corrected chi connectivity index (χ4v) is 2.77. The summed E-state index contributed by atoms with van der Waals surface area (Å²) in [7, 11) is 0. The Balaban J connectivity index is 2.01. The molecular weight excluding hydrogens is 390 g/mol. The third kappa shape index (κ3) is 6.93. The Morgan fingerprint density at radius 3 is 2.40 bits per heavy atom. The zero-order valence-electron chi connectivity index (χ0n) is 17.0. The minimum absolute atomic E-state index is 0.0385. The van der Waals surface area contributed by atoms with Crippen LogP contribution in [0.25, 0.3) is 0 Å². The van der Waals surface area contributed by atoms with Gasteiger partial charge in [-0.3, -0.25) is 14.8 Å². The molecule has 0 saturated carbocycles. The van der Waals surface area contributed by atoms with E-state index in [1.165, 1.54) is 11.7 Å². The molecular formula is C21H27N3O6. The molecule has 0 spiro atoms. The number of carbonyl (C=O) groups excluding carboxylic acids is 3. The summed E-state index contributed by atoms with van der Waals surface area (Å²) in [6.07, 6.45) is 1.34. The Kier molecular flexibility index (Phi) is 8.89. The van der Waals surface area contributed by atoms with Crippen LogP contribution in [0, 0.1) is 5.92 Å². The van der Waals surface area contributed by atoms with Crippen LogP contribution in [0.15, 0.2) is 53.1 Å². The van der Waals surface area contributed by atoms with Crippen molar-refractivity contribution in [1.82, 2.24) is 16.1 Å². The van der Waals surface area contributed by atoms with Gasteiger partial charge in [-0.15, -0.1) is 0 Å². The van der Waals surface area contributed by atoms with Crippen molar-refractivity contribution in [2.24, 2.45) is 5.92 Å². The third-order valence-corrected chi connectivity index (χ3v) is 4.71. The average molecular weight is 417 g/mol. The lowest BCUT2D eigenvalue weighted by molar-refractivity contribution is -0.135. The van der Waals surface area contributed by atoms with Gasteiger partial charge in [0.25, 0.3) is 5.91 Å². The molecule has 0 aliphatic carbocycles. The highest BCUT2D eigenvalue weighted by atomic mass is 16.5. The van der Waals surface area contributed by atoms with Gasteiger partial charge >= 0.3 is 6.09 Å². The predicted octanol–water partition coefficient (Wildman–Crippen LogP) is 2.15. The molecule has 9 nitrogen and oxygen atoms in total. The van der Waals surface area contributed by atoms with E-state index in [2.05, 4.69) is 10.6 Å². The molecule has 3 amide bonds. The molecule has 1 heterocycles. The second kappa shape index (κ2) is 11.6. The van der Waals surface area contributed by atoms with Crippen LogP contribution >= 0.6 is 0 Å². The molecule has 0 aliphatic heterocycles. The Morgan fingerprint density at radius 1 is 1.07 bits per heavy atom. The number of carbonyl (C=O) groups is 3. The summed E-state index contributed by atoms with van der Waals surface area (Å²) >= 11 is 0. The Labute approximate surface area is 174 Å². The van der Waals surface area contributed by atoms with Crippen LogP contribution in [0.3, 0.4) is 0 Å². The van der Waals surface area contributed by atoms with Crippen LogP contribution in [0.5, 0.6) is 0 Å². The monoisotopic (exact) mass is 417 g/mol. The minimum Gasteiger partial charge on any atom is -0.469 e. The first kappa shape index (κ1) is 23.0. The average Bonchev–Trinajstić information content (AvgIpc) is 3.28. The number of ether oxygens (including phenoxy) is 1. The molecule has 1 aromatic heterocycles. The highest BCUT2D eigenvalue weighted by Gasteiger charge is 2.30. The summed E-state index contributed by atoms with van der Waals surface area (Å²) in [4.78, 5) is 37.1. The molecule has 0 saturated heterocycles. The third-order valence-electron chi connectivity index (χ3n) is 4.71. The maximum atomic E-state index is 12.8. The molecule has 162 valence electrons. The molecule has 3 atom stereocenters. The van der Waals surface area contributed by atoms with E-state index in [0.717, 1.165) is 5.56 Å². The van der Waals surface area contributed by atoms with Gasteiger partial charge in [0.15, 0.2) is 0 Å². The number of benzene rings is 1. The van der Waals surface area contributed by atoms with Crippen LogP contribution in [0.1, 0.15) is 31.6 Å². The van der Waals surface area contributed by atoms with E-state index < -0.39 is 30.0 Å². The molecule has 0 radical (unpaired) electrons. The molecule has 2 rings (SSSR count). The Morgan fingerprint density at radius 2 is 1.80 bits per heavy atom. The maximum absolute atomic E-state index is 12.8. The fourth-order valence-electron chi connectivity index (χ4n) is 2.77. The van der Waals surface area contributed by atoms with E-state index >= 15 is 0 Å². The van der Waals surface area contributed by atoms with E-state index in [1.807, 2.05) is 37.3 Å². The molecule has 1 aromatic carbocycles. The first-order valence-corrected chi connectivity index (χ1v) is 9.68. The fraction of sp³-hybridized carbons (Fsp3) is 0.381. The molecule has 0 fully saturated rings. The number of alkyl carbamates (subject to hydrolysis) is 1. The predicted molar refractivity (Wildman–Crippen MR) is 107 cm³/mol. The largest absolute Gasteiger partial charge is 0.469 e. The topological polar surface area (TPSA) is 130 Å². The summed E-state index contributed by atoms with van der Waals surface area (Å²) < 4.78 is 10.4. The van der Waals surface area contributed by atoms with Gasteiger partial charge in [-0.25, -0.2) is 10.3 Å². The van der Waals surface area contributed by atoms with E-state index in [0.29, 0.717) is 12.2 Å². The second-order valence-corrected chi connectivity index (χ2v) is 6.89. The van der Waals surface area contributed by atoms with Crippen LogP contribution in [-0.4, -0.2) is 35.2 Å². The summed E-state index contributed by atoms with van der Waals surface area (Å²) in [6.45, 7) is 3.74. The number of hydrogen-bond donors (Lipinski definition) is 4. The molecule has 9 heteroatoms. The molecule has 3 unspecified atom stereocenters. The van der Waals surface area contributed by atoms with Crippen molar-refractivity contribution in [3.63, 3.8) is 0 Å². The Hall–Kier alpha value is -3.33. The van der Waals surface area contributed by atoms with Gasteiger partial charge in [0.2, 0.25) is 5.91 Å². The zero-order valence-corrected chi connectivity index (χ0v) is 17.0. The smallest absolute Gasteiger partial charge is 0.408 e. The second-order valence-electron chi connectivity index (χ2n) is 6.89. The normalized spacial score (nSPS) is 13.6. The Bertz CT molecular complexity index is 809. The van der Waals surface area contributed by atoms with Gasteiger partial charge in [0.05, 0.1) is 6.26 Å². The highest BCUT2D eigenvalue weighted by molar-refractivity contribution is 5.91. The lowest BCUT2D eigenvalue weighted by Crippen LogP contribution is -2.56. The van der Waals surface area contributed by atoms with E-state index in [9.17, 15) is 14.4 Å². The van der Waals surface area contributed by atoms with Crippen molar-refractivity contribution < 1.29 is 28.7 Å². The van der Waals surface area contributed by atoms with Gasteiger partial charge in [0, 0.05) is 6.42 Å². The van der Waals surface area contributed by atoms with Crippen molar-refractivity contribution in [3.8, 4) is 0 Å². The lowest BCUT2D eigenvalue weighted by atomic mass is 9.98. The number of amides is 3. The van der Waals surface area contributed by atoms with Crippen molar-refractivity contribution in [3.05, 3.63) is 60.1 Å². The van der Waals surface area contributed by atoms with Gasteiger partial charge < -0.3 is 19.8 Å². The summed E-state index contributed by atoms with van der Waals surface area (Å²) in [6, 6.07) is 10.4. The number of furan rings is 1. The summed E-state index contributed by atoms with van der Waals surface area (Å²) in [5, 5.41) is 14.1. The van der Waals surface area contributed by atoms with E-state index in [-0.39, 0.29) is 18.9 Å². The van der Waals surface area contributed by atoms with Crippen LogP contribution in [0.4, 0.5) is 4.79 Å². The SMILES string of the molecule is CCC(C)C(NC(=O)OCc1ccccc1)C(=O)NC(Cc1ccco1)C(=O)NO. The standard InChI is InChI=1S/C21H27N3O6/c1-3-14(2)18(23-21(27)30-13-15-8-5-4-6-9-15)20(26)22-17(19(25)24-28)12-16-10-7-11-29-16/h4-11,14,17-18,28H,3,12-13H2,1-2H3,(H,22,26)(H,23,27)(H,24,25). The molecule has 4 N–H and O–H groups in total. The first-order chi connectivity index (χ1) is 14.4. The van der Waals surface area contributed by atoms with Crippen molar-refractivity contribution in [2.45, 2.75) is 45.4 Å². The van der Waals surface area contributed by atoms with Crippen LogP contribution in [0.2, 0.25) is 0 Å². The van der Waals surface area contributed by atoms with Crippen LogP contribution < -0.4 is 16.1 Å². The lowest BCUT2D eigenvalue weighted by Gasteiger charge is -2.25. The summed E-state index contributed by atoms with van der Waals surface area (Å²) in [5.41, 5.74) is 2.35. The maximum Gasteiger partial charge on any atom is 0.408 e. The number of rotatable bonds is 10. The van der Waals surface area contributed by atoms with Gasteiger partial charge in [-0.2, -0.15) is 0 Å². The van der Waals surface area contributed by atoms with Gasteiger partial charge in [-0.1, -0.05) is 50.6 Å². The van der Waals surface area contributed by atoms with Crippen molar-refractivity contribution in [1.29, 1.82) is 0 Å². The van der Waals surface area contributed by atoms with Crippen molar-refractivity contribution in [2.75, 3.05) is 0 Å². The molecule has 0 aliphatic rings. The first-order valence-electron chi connectivity index (χ1n) is 9.68. The molecule has 0 bridgehead atoms.